The molecule has 1 heteroatoms. The van der Waals surface area contributed by atoms with E-state index >= 15 is 0 Å². The lowest BCUT2D eigenvalue weighted by Gasteiger charge is -2.44. The Balaban J connectivity index is 1.90. The van der Waals surface area contributed by atoms with E-state index in [1.807, 2.05) is 65.6 Å². The second-order valence-electron chi connectivity index (χ2n) is 8.56. The fourth-order valence-electron chi connectivity index (χ4n) is 4.45. The first kappa shape index (κ1) is 9.74. The summed E-state index contributed by atoms with van der Waals surface area (Å²) in [4.78, 5) is 1.95. The largest absolute Gasteiger partial charge is 0.311 e. The number of hydrogen-bond acceptors (Lipinski definition) is 1. The van der Waals surface area contributed by atoms with Gasteiger partial charge >= 0.3 is 0 Å². The van der Waals surface area contributed by atoms with Crippen molar-refractivity contribution in [3.05, 3.63) is 114 Å². The van der Waals surface area contributed by atoms with Crippen LogP contribution in [-0.2, 0) is 10.8 Å². The number of nitrogens with zero attached hydrogens (tertiary/aromatic N) is 1. The molecule has 0 spiro atoms. The number of fused-ring (bicyclic) bond motifs is 1. The van der Waals surface area contributed by atoms with Crippen LogP contribution in [0.15, 0.2) is 103 Å². The highest BCUT2D eigenvalue weighted by molar-refractivity contribution is 5.78. The highest BCUT2D eigenvalue weighted by Crippen LogP contribution is 2.61. The molecule has 1 aliphatic carbocycles. The van der Waals surface area contributed by atoms with E-state index in [-0.39, 0.29) is 5.56 Å². The van der Waals surface area contributed by atoms with Gasteiger partial charge in [0.15, 0.2) is 0 Å². The summed E-state index contributed by atoms with van der Waals surface area (Å²) in [5.74, 6) is 0. The highest BCUT2D eigenvalue weighted by atomic mass is 15.1. The van der Waals surface area contributed by atoms with Crippen molar-refractivity contribution in [1.29, 1.82) is 0 Å². The molecule has 0 amide bonds. The number of anilines is 3. The SMILES string of the molecule is [2H]C([2H])([2H])C1(C([2H])([2H])[2H])c2ccc(-c3ccc(N(c4ccccc4)c4ccccc4)cc3)cc2C(C([2H])([2H])[2H])(C([2H])([2H])[2H])C1(C([2H])([2H])[2H])C([2H])([2H])[2H]. The summed E-state index contributed by atoms with van der Waals surface area (Å²) in [7, 11) is 0. The highest BCUT2D eigenvalue weighted by Gasteiger charge is 2.56. The first-order valence-electron chi connectivity index (χ1n) is 19.8. The maximum atomic E-state index is 8.68. The zero-order valence-electron chi connectivity index (χ0n) is 36.3. The van der Waals surface area contributed by atoms with Crippen molar-refractivity contribution in [3.63, 3.8) is 0 Å². The Kier molecular flexibility index (Phi) is 2.26. The standard InChI is InChI=1S/C33H35N/c1-31(2)29-22-19-25(23-30(29)32(3,4)33(31,5)6)24-17-20-28(21-18-24)34(26-13-9-7-10-14-26)27-15-11-8-12-16-27/h7-23H,1-6H3/i1D3,2D3,3D3,4D3,5D3,6D3. The molecule has 0 bridgehead atoms. The Morgan fingerprint density at radius 2 is 1.00 bits per heavy atom. The van der Waals surface area contributed by atoms with E-state index in [4.69, 9.17) is 24.7 Å². The number of hydrogen-bond donors (Lipinski definition) is 0. The van der Waals surface area contributed by atoms with Crippen LogP contribution in [-0.4, -0.2) is 0 Å². The molecular weight excluding hydrogens is 410 g/mol. The second-order valence-corrected chi connectivity index (χ2v) is 8.56. The Morgan fingerprint density at radius 1 is 0.500 bits per heavy atom. The molecule has 0 heterocycles. The summed E-state index contributed by atoms with van der Waals surface area (Å²) in [6.45, 7) is -25.0. The molecule has 0 saturated carbocycles. The maximum absolute atomic E-state index is 8.68. The fourth-order valence-corrected chi connectivity index (χ4v) is 4.45. The molecular formula is C33H35N. The van der Waals surface area contributed by atoms with Crippen molar-refractivity contribution in [2.24, 2.45) is 5.41 Å². The second kappa shape index (κ2) is 7.87. The summed E-state index contributed by atoms with van der Waals surface area (Å²) in [6, 6.07) is 28.4. The third-order valence-electron chi connectivity index (χ3n) is 6.44. The lowest BCUT2D eigenvalue weighted by Crippen LogP contribution is -2.42. The van der Waals surface area contributed by atoms with E-state index in [2.05, 4.69) is 0 Å². The van der Waals surface area contributed by atoms with Gasteiger partial charge in [-0.2, -0.15) is 0 Å². The monoisotopic (exact) mass is 463 g/mol. The lowest BCUT2D eigenvalue weighted by molar-refractivity contribution is 0.125. The zero-order valence-corrected chi connectivity index (χ0v) is 18.3. The summed E-state index contributed by atoms with van der Waals surface area (Å²) in [6.07, 6.45) is 0. The minimum atomic E-state index is -4.43. The minimum Gasteiger partial charge on any atom is -0.311 e. The quantitative estimate of drug-likeness (QED) is 0.291. The van der Waals surface area contributed by atoms with E-state index in [9.17, 15) is 0 Å². The molecule has 0 saturated heterocycles. The summed E-state index contributed by atoms with van der Waals surface area (Å²) in [5, 5.41) is 0. The van der Waals surface area contributed by atoms with Gasteiger partial charge in [0, 0.05) is 41.7 Å². The van der Waals surface area contributed by atoms with E-state index in [0.717, 1.165) is 23.5 Å². The van der Waals surface area contributed by atoms with Gasteiger partial charge in [-0.3, -0.25) is 0 Å². The molecule has 172 valence electrons. The van der Waals surface area contributed by atoms with Crippen LogP contribution in [0.3, 0.4) is 0 Å². The van der Waals surface area contributed by atoms with Gasteiger partial charge in [-0.25, -0.2) is 0 Å². The van der Waals surface area contributed by atoms with Gasteiger partial charge < -0.3 is 4.90 Å². The van der Waals surface area contributed by atoms with Crippen LogP contribution in [0.25, 0.3) is 11.1 Å². The molecule has 0 N–H and O–H groups in total. The molecule has 1 nitrogen and oxygen atoms in total. The van der Waals surface area contributed by atoms with Gasteiger partial charge in [-0.05, 0) is 74.9 Å². The van der Waals surface area contributed by atoms with Gasteiger partial charge in [0.1, 0.15) is 0 Å². The Morgan fingerprint density at radius 3 is 1.53 bits per heavy atom. The predicted octanol–water partition coefficient (Wildman–Crippen LogP) is 9.42. The van der Waals surface area contributed by atoms with Crippen molar-refractivity contribution in [2.45, 2.75) is 51.9 Å². The van der Waals surface area contributed by atoms with Crippen molar-refractivity contribution < 1.29 is 24.7 Å². The number of para-hydroxylation sites is 2. The molecule has 0 fully saturated rings. The molecule has 34 heavy (non-hydrogen) atoms. The van der Waals surface area contributed by atoms with Gasteiger partial charge in [0.2, 0.25) is 0 Å². The summed E-state index contributed by atoms with van der Waals surface area (Å²) < 4.78 is 155. The van der Waals surface area contributed by atoms with Crippen LogP contribution in [0.1, 0.15) is 76.9 Å². The van der Waals surface area contributed by atoms with Crippen molar-refractivity contribution >= 4 is 17.1 Å². The molecule has 5 rings (SSSR count). The lowest BCUT2D eigenvalue weighted by atomic mass is 9.59. The van der Waals surface area contributed by atoms with Crippen LogP contribution in [0.2, 0.25) is 0 Å². The van der Waals surface area contributed by atoms with Gasteiger partial charge in [0.05, 0.1) is 0 Å². The molecule has 4 aromatic carbocycles. The van der Waals surface area contributed by atoms with Gasteiger partial charge in [-0.1, -0.05) is 108 Å². The normalized spacial score (nSPS) is 27.3. The fraction of sp³-hybridized carbons (Fsp3) is 0.273. The summed E-state index contributed by atoms with van der Waals surface area (Å²) in [5.41, 5.74) is -11.8. The van der Waals surface area contributed by atoms with Crippen LogP contribution in [0.5, 0.6) is 0 Å². The van der Waals surface area contributed by atoms with E-state index in [1.54, 1.807) is 24.3 Å². The maximum Gasteiger partial charge on any atom is 0.0462 e. The van der Waals surface area contributed by atoms with E-state index in [0.29, 0.717) is 11.3 Å². The van der Waals surface area contributed by atoms with Crippen molar-refractivity contribution in [2.75, 3.05) is 4.90 Å². The van der Waals surface area contributed by atoms with E-state index < -0.39 is 68.5 Å². The molecule has 0 aromatic heterocycles. The van der Waals surface area contributed by atoms with Crippen molar-refractivity contribution in [3.8, 4) is 11.1 Å². The topological polar surface area (TPSA) is 3.24 Å². The zero-order chi connectivity index (χ0) is 39.1. The van der Waals surface area contributed by atoms with Crippen LogP contribution in [0.4, 0.5) is 17.1 Å². The van der Waals surface area contributed by atoms with Gasteiger partial charge in [0.25, 0.3) is 0 Å². The summed E-state index contributed by atoms with van der Waals surface area (Å²) >= 11 is 0. The average Bonchev–Trinajstić information content (AvgIpc) is 3.30. The molecule has 0 atom stereocenters. The smallest absolute Gasteiger partial charge is 0.0462 e. The molecule has 0 unspecified atom stereocenters. The Bertz CT molecular complexity index is 1820. The molecule has 1 aliphatic rings. The van der Waals surface area contributed by atoms with Crippen LogP contribution in [0, 0.1) is 5.41 Å². The van der Waals surface area contributed by atoms with Crippen LogP contribution >= 0.6 is 0 Å². The molecule has 0 radical (unpaired) electrons. The number of benzene rings is 4. The Labute approximate surface area is 230 Å². The Hall–Kier alpha value is -3.32. The minimum absolute atomic E-state index is 0.0611. The average molecular weight is 464 g/mol. The first-order chi connectivity index (χ1) is 23.6. The first-order valence-corrected chi connectivity index (χ1v) is 10.8. The predicted molar refractivity (Wildman–Crippen MR) is 146 cm³/mol. The molecule has 4 aromatic rings. The number of rotatable bonds is 4. The molecule has 0 aliphatic heterocycles. The van der Waals surface area contributed by atoms with Gasteiger partial charge in [-0.15, -0.1) is 0 Å². The van der Waals surface area contributed by atoms with Crippen molar-refractivity contribution in [1.82, 2.24) is 0 Å². The van der Waals surface area contributed by atoms with Crippen LogP contribution < -0.4 is 4.90 Å². The van der Waals surface area contributed by atoms with E-state index in [1.165, 1.54) is 6.07 Å². The third-order valence-corrected chi connectivity index (χ3v) is 6.44. The third kappa shape index (κ3) is 3.29.